The van der Waals surface area contributed by atoms with Gasteiger partial charge in [0, 0.05) is 18.0 Å². The summed E-state index contributed by atoms with van der Waals surface area (Å²) in [6.45, 7) is 2.25. The van der Waals surface area contributed by atoms with Crippen molar-refractivity contribution in [1.29, 1.82) is 0 Å². The first kappa shape index (κ1) is 13.9. The molecule has 2 nitrogen and oxygen atoms in total. The summed E-state index contributed by atoms with van der Waals surface area (Å²) < 4.78 is 5.53. The van der Waals surface area contributed by atoms with Crippen LogP contribution >= 0.6 is 0 Å². The highest BCUT2D eigenvalue weighted by atomic mass is 16.5. The lowest BCUT2D eigenvalue weighted by molar-refractivity contribution is 0.409. The summed E-state index contributed by atoms with van der Waals surface area (Å²) in [6.07, 6.45) is 8.05. The third-order valence-electron chi connectivity index (χ3n) is 4.30. The summed E-state index contributed by atoms with van der Waals surface area (Å²) in [5, 5.41) is 0. The molecule has 0 atom stereocenters. The van der Waals surface area contributed by atoms with Gasteiger partial charge in [0.2, 0.25) is 0 Å². The van der Waals surface area contributed by atoms with E-state index in [4.69, 9.17) is 4.74 Å². The lowest BCUT2D eigenvalue weighted by Gasteiger charge is -2.25. The zero-order valence-electron chi connectivity index (χ0n) is 12.7. The highest BCUT2D eigenvalue weighted by molar-refractivity contribution is 5.75. The van der Waals surface area contributed by atoms with Crippen molar-refractivity contribution in [2.24, 2.45) is 0 Å². The van der Waals surface area contributed by atoms with Crippen molar-refractivity contribution >= 4 is 5.57 Å². The van der Waals surface area contributed by atoms with Crippen molar-refractivity contribution < 1.29 is 4.74 Å². The Bertz CT molecular complexity index is 659. The molecule has 0 unspecified atom stereocenters. The smallest absolute Gasteiger partial charge is 0.122 e. The first-order chi connectivity index (χ1) is 10.3. The molecule has 2 aromatic rings. The molecule has 0 amide bonds. The second-order valence-corrected chi connectivity index (χ2v) is 5.45. The third-order valence-corrected chi connectivity index (χ3v) is 4.30. The van der Waals surface area contributed by atoms with E-state index in [-0.39, 0.29) is 0 Å². The molecule has 2 heteroatoms. The first-order valence-corrected chi connectivity index (χ1v) is 7.59. The zero-order valence-corrected chi connectivity index (χ0v) is 12.7. The van der Waals surface area contributed by atoms with E-state index in [0.717, 1.165) is 31.4 Å². The SMILES string of the molecule is CCC1=C(Cc2ccncc2)CCc2c(OC)cccc21. The van der Waals surface area contributed by atoms with E-state index in [0.29, 0.717) is 0 Å². The van der Waals surface area contributed by atoms with Gasteiger partial charge in [-0.05, 0) is 60.6 Å². The lowest BCUT2D eigenvalue weighted by atomic mass is 9.82. The number of pyridine rings is 1. The van der Waals surface area contributed by atoms with Gasteiger partial charge >= 0.3 is 0 Å². The average molecular weight is 279 g/mol. The van der Waals surface area contributed by atoms with Gasteiger partial charge in [0.1, 0.15) is 5.75 Å². The normalized spacial score (nSPS) is 14.0. The van der Waals surface area contributed by atoms with Crippen LogP contribution in [0.25, 0.3) is 5.57 Å². The molecule has 0 radical (unpaired) electrons. The maximum Gasteiger partial charge on any atom is 0.122 e. The van der Waals surface area contributed by atoms with Gasteiger partial charge < -0.3 is 4.74 Å². The maximum absolute atomic E-state index is 5.53. The molecular weight excluding hydrogens is 258 g/mol. The van der Waals surface area contributed by atoms with Gasteiger partial charge in [0.25, 0.3) is 0 Å². The molecule has 21 heavy (non-hydrogen) atoms. The van der Waals surface area contributed by atoms with E-state index in [9.17, 15) is 0 Å². The Morgan fingerprint density at radius 3 is 2.62 bits per heavy atom. The molecule has 0 spiro atoms. The molecule has 1 aromatic carbocycles. The summed E-state index contributed by atoms with van der Waals surface area (Å²) >= 11 is 0. The second kappa shape index (κ2) is 6.13. The number of allylic oxidation sites excluding steroid dienone is 2. The molecule has 1 aliphatic carbocycles. The number of nitrogens with zero attached hydrogens (tertiary/aromatic N) is 1. The highest BCUT2D eigenvalue weighted by Gasteiger charge is 2.20. The number of fused-ring (bicyclic) bond motifs is 1. The van der Waals surface area contributed by atoms with Gasteiger partial charge in [-0.25, -0.2) is 0 Å². The zero-order chi connectivity index (χ0) is 14.7. The van der Waals surface area contributed by atoms with E-state index < -0.39 is 0 Å². The molecule has 1 aliphatic rings. The molecule has 0 saturated heterocycles. The van der Waals surface area contributed by atoms with Gasteiger partial charge in [-0.2, -0.15) is 0 Å². The number of ether oxygens (including phenoxy) is 1. The monoisotopic (exact) mass is 279 g/mol. The lowest BCUT2D eigenvalue weighted by Crippen LogP contribution is -2.08. The van der Waals surface area contributed by atoms with Crippen LogP contribution in [0.2, 0.25) is 0 Å². The predicted octanol–water partition coefficient (Wildman–Crippen LogP) is 4.44. The quantitative estimate of drug-likeness (QED) is 0.825. The van der Waals surface area contributed by atoms with Crippen LogP contribution in [0.15, 0.2) is 48.3 Å². The number of hydrogen-bond donors (Lipinski definition) is 0. The van der Waals surface area contributed by atoms with Crippen LogP contribution in [0, 0.1) is 0 Å². The largest absolute Gasteiger partial charge is 0.496 e. The van der Waals surface area contributed by atoms with E-state index in [2.05, 4.69) is 42.2 Å². The average Bonchev–Trinajstić information content (AvgIpc) is 2.55. The number of benzene rings is 1. The fraction of sp³-hybridized carbons (Fsp3) is 0.316. The molecule has 108 valence electrons. The van der Waals surface area contributed by atoms with Gasteiger partial charge in [-0.3, -0.25) is 4.98 Å². The molecule has 0 saturated carbocycles. The fourth-order valence-corrected chi connectivity index (χ4v) is 3.30. The summed E-state index contributed by atoms with van der Waals surface area (Å²) in [7, 11) is 1.76. The molecular formula is C19H21NO. The van der Waals surface area contributed by atoms with E-state index in [1.807, 2.05) is 12.4 Å². The van der Waals surface area contributed by atoms with E-state index in [1.165, 1.54) is 22.3 Å². The third kappa shape index (κ3) is 2.71. The minimum Gasteiger partial charge on any atom is -0.496 e. The molecule has 1 heterocycles. The maximum atomic E-state index is 5.53. The Morgan fingerprint density at radius 2 is 1.90 bits per heavy atom. The van der Waals surface area contributed by atoms with Crippen LogP contribution in [0.1, 0.15) is 36.5 Å². The van der Waals surface area contributed by atoms with Crippen molar-refractivity contribution in [1.82, 2.24) is 4.98 Å². The second-order valence-electron chi connectivity index (χ2n) is 5.45. The van der Waals surface area contributed by atoms with E-state index in [1.54, 1.807) is 12.7 Å². The number of methoxy groups -OCH3 is 1. The molecule has 0 aliphatic heterocycles. The van der Waals surface area contributed by atoms with Gasteiger partial charge in [0.05, 0.1) is 7.11 Å². The van der Waals surface area contributed by atoms with Crippen LogP contribution in [0.4, 0.5) is 0 Å². The summed E-state index contributed by atoms with van der Waals surface area (Å²) in [5.74, 6) is 1.03. The van der Waals surface area contributed by atoms with Gasteiger partial charge in [0.15, 0.2) is 0 Å². The Hall–Kier alpha value is -2.09. The standard InChI is InChI=1S/C19H21NO/c1-3-16-15(13-14-9-11-20-12-10-14)7-8-18-17(16)5-4-6-19(18)21-2/h4-6,9-12H,3,7-8,13H2,1-2H3. The minimum absolute atomic E-state index is 1.03. The van der Waals surface area contributed by atoms with Crippen LogP contribution in [0.3, 0.4) is 0 Å². The number of aromatic nitrogens is 1. The Labute approximate surface area is 126 Å². The van der Waals surface area contributed by atoms with Crippen molar-refractivity contribution in [3.05, 3.63) is 65.0 Å². The van der Waals surface area contributed by atoms with Crippen molar-refractivity contribution in [3.8, 4) is 5.75 Å². The molecule has 0 N–H and O–H groups in total. The molecule has 3 rings (SSSR count). The van der Waals surface area contributed by atoms with Crippen LogP contribution in [-0.4, -0.2) is 12.1 Å². The summed E-state index contributed by atoms with van der Waals surface area (Å²) in [4.78, 5) is 4.10. The molecule has 1 aromatic heterocycles. The topological polar surface area (TPSA) is 22.1 Å². The summed E-state index contributed by atoms with van der Waals surface area (Å²) in [5.41, 5.74) is 7.15. The van der Waals surface area contributed by atoms with Crippen molar-refractivity contribution in [2.75, 3.05) is 7.11 Å². The Kier molecular flexibility index (Phi) is 4.05. The Balaban J connectivity index is 2.01. The molecule has 0 fully saturated rings. The number of rotatable bonds is 4. The summed E-state index contributed by atoms with van der Waals surface area (Å²) in [6, 6.07) is 10.6. The van der Waals surface area contributed by atoms with Crippen LogP contribution in [-0.2, 0) is 12.8 Å². The molecule has 0 bridgehead atoms. The Morgan fingerprint density at radius 1 is 1.10 bits per heavy atom. The first-order valence-electron chi connectivity index (χ1n) is 7.59. The van der Waals surface area contributed by atoms with Crippen molar-refractivity contribution in [3.63, 3.8) is 0 Å². The minimum atomic E-state index is 1.03. The van der Waals surface area contributed by atoms with Crippen LogP contribution < -0.4 is 4.74 Å². The highest BCUT2D eigenvalue weighted by Crippen LogP contribution is 2.38. The van der Waals surface area contributed by atoms with Crippen LogP contribution in [0.5, 0.6) is 5.75 Å². The number of hydrogen-bond acceptors (Lipinski definition) is 2. The predicted molar refractivity (Wildman–Crippen MR) is 86.5 cm³/mol. The van der Waals surface area contributed by atoms with Crippen molar-refractivity contribution in [2.45, 2.75) is 32.6 Å². The van der Waals surface area contributed by atoms with Gasteiger partial charge in [-0.15, -0.1) is 0 Å². The fourth-order valence-electron chi connectivity index (χ4n) is 3.30. The van der Waals surface area contributed by atoms with E-state index >= 15 is 0 Å². The van der Waals surface area contributed by atoms with Gasteiger partial charge in [-0.1, -0.05) is 24.6 Å².